The monoisotopic (exact) mass is 255 g/mol. The van der Waals surface area contributed by atoms with Crippen LogP contribution in [0.3, 0.4) is 0 Å². The maximum atomic E-state index is 11.9. The summed E-state index contributed by atoms with van der Waals surface area (Å²) in [5, 5.41) is 15.3. The van der Waals surface area contributed by atoms with Crippen LogP contribution in [0, 0.1) is 12.8 Å². The van der Waals surface area contributed by atoms with Gasteiger partial charge in [0.15, 0.2) is 0 Å². The number of hydrogen-bond donors (Lipinski definition) is 2. The highest BCUT2D eigenvalue weighted by Crippen LogP contribution is 2.17. The summed E-state index contributed by atoms with van der Waals surface area (Å²) >= 11 is 1.45. The summed E-state index contributed by atoms with van der Waals surface area (Å²) in [6, 6.07) is -0.445. The minimum absolute atomic E-state index is 0.156. The summed E-state index contributed by atoms with van der Waals surface area (Å²) in [7, 11) is 0. The summed E-state index contributed by atoms with van der Waals surface area (Å²) in [5.41, 5.74) is 1.50. The van der Waals surface area contributed by atoms with Crippen molar-refractivity contribution in [3.8, 4) is 0 Å². The van der Waals surface area contributed by atoms with Crippen LogP contribution in [0.5, 0.6) is 0 Å². The molecule has 2 N–H and O–H groups in total. The number of carbonyl (C=O) groups is 2. The third kappa shape index (κ3) is 2.48. The van der Waals surface area contributed by atoms with Gasteiger partial charge in [0.25, 0.3) is 5.91 Å². The normalized spacial score (nSPS) is 23.6. The van der Waals surface area contributed by atoms with Crippen LogP contribution in [0.15, 0.2) is 10.8 Å². The minimum atomic E-state index is -0.935. The van der Waals surface area contributed by atoms with Crippen LogP contribution in [-0.4, -0.2) is 36.2 Å². The fourth-order valence-corrected chi connectivity index (χ4v) is 2.61. The lowest BCUT2D eigenvalue weighted by Gasteiger charge is -2.15. The van der Waals surface area contributed by atoms with Gasteiger partial charge in [-0.2, -0.15) is 11.3 Å². The molecule has 0 aromatic carbocycles. The molecule has 1 aromatic heterocycles. The average Bonchev–Trinajstić information content (AvgIpc) is 2.86. The molecule has 1 aliphatic heterocycles. The Morgan fingerprint density at radius 3 is 2.82 bits per heavy atom. The molecule has 1 aromatic rings. The molecule has 1 fully saturated rings. The minimum Gasteiger partial charge on any atom is -0.481 e. The number of carbonyl (C=O) groups excluding carboxylic acids is 1. The summed E-state index contributed by atoms with van der Waals surface area (Å²) in [5.74, 6) is -1.82. The average molecular weight is 255 g/mol. The van der Waals surface area contributed by atoms with Crippen LogP contribution in [0.2, 0.25) is 0 Å². The zero-order chi connectivity index (χ0) is 12.4. The van der Waals surface area contributed by atoms with Crippen molar-refractivity contribution < 1.29 is 19.4 Å². The Hall–Kier alpha value is -1.40. The first-order valence-corrected chi connectivity index (χ1v) is 6.18. The van der Waals surface area contributed by atoms with Crippen molar-refractivity contribution in [1.29, 1.82) is 0 Å². The topological polar surface area (TPSA) is 75.6 Å². The molecule has 0 spiro atoms. The number of carboxylic acid groups (broad SMARTS) is 1. The van der Waals surface area contributed by atoms with E-state index in [1.54, 1.807) is 5.38 Å². The van der Waals surface area contributed by atoms with Gasteiger partial charge in [-0.25, -0.2) is 0 Å². The molecule has 1 aliphatic rings. The Bertz CT molecular complexity index is 442. The van der Waals surface area contributed by atoms with Gasteiger partial charge in [-0.1, -0.05) is 0 Å². The zero-order valence-corrected chi connectivity index (χ0v) is 10.1. The highest BCUT2D eigenvalue weighted by molar-refractivity contribution is 7.08. The molecule has 17 heavy (non-hydrogen) atoms. The van der Waals surface area contributed by atoms with E-state index < -0.39 is 17.9 Å². The predicted octanol–water partition coefficient (Wildman–Crippen LogP) is 0.886. The summed E-state index contributed by atoms with van der Waals surface area (Å²) in [4.78, 5) is 22.8. The summed E-state index contributed by atoms with van der Waals surface area (Å²) in [6.45, 7) is 2.26. The van der Waals surface area contributed by atoms with E-state index in [4.69, 9.17) is 9.84 Å². The van der Waals surface area contributed by atoms with Crippen LogP contribution in [0.1, 0.15) is 15.9 Å². The van der Waals surface area contributed by atoms with Crippen LogP contribution in [0.25, 0.3) is 0 Å². The maximum absolute atomic E-state index is 11.9. The molecule has 0 saturated carbocycles. The fourth-order valence-electron chi connectivity index (χ4n) is 1.78. The van der Waals surface area contributed by atoms with E-state index in [0.29, 0.717) is 5.56 Å². The second-order valence-electron chi connectivity index (χ2n) is 4.03. The molecular formula is C11H13NO4S. The quantitative estimate of drug-likeness (QED) is 0.841. The van der Waals surface area contributed by atoms with Crippen LogP contribution < -0.4 is 5.32 Å². The molecule has 2 heterocycles. The number of ether oxygens (including phenoxy) is 1. The van der Waals surface area contributed by atoms with Crippen molar-refractivity contribution >= 4 is 23.2 Å². The number of rotatable bonds is 3. The highest BCUT2D eigenvalue weighted by atomic mass is 32.1. The van der Waals surface area contributed by atoms with Crippen LogP contribution in [-0.2, 0) is 9.53 Å². The third-order valence-electron chi connectivity index (χ3n) is 2.81. The van der Waals surface area contributed by atoms with Crippen molar-refractivity contribution in [2.75, 3.05) is 13.2 Å². The molecule has 92 valence electrons. The van der Waals surface area contributed by atoms with Gasteiger partial charge < -0.3 is 15.2 Å². The van der Waals surface area contributed by atoms with Crippen molar-refractivity contribution in [2.45, 2.75) is 13.0 Å². The number of aryl methyl sites for hydroxylation is 1. The Morgan fingerprint density at radius 1 is 1.47 bits per heavy atom. The molecule has 2 atom stereocenters. The van der Waals surface area contributed by atoms with Crippen molar-refractivity contribution in [3.63, 3.8) is 0 Å². The first kappa shape index (κ1) is 12.1. The second kappa shape index (κ2) is 4.85. The molecule has 1 saturated heterocycles. The molecule has 6 heteroatoms. The second-order valence-corrected chi connectivity index (χ2v) is 4.77. The molecular weight excluding hydrogens is 242 g/mol. The third-order valence-corrected chi connectivity index (χ3v) is 3.68. The van der Waals surface area contributed by atoms with Crippen LogP contribution in [0.4, 0.5) is 0 Å². The maximum Gasteiger partial charge on any atom is 0.311 e. The van der Waals surface area contributed by atoms with Gasteiger partial charge in [0.1, 0.15) is 5.92 Å². The van der Waals surface area contributed by atoms with Gasteiger partial charge in [-0.05, 0) is 17.9 Å². The Morgan fingerprint density at radius 2 is 2.24 bits per heavy atom. The Balaban J connectivity index is 2.04. The molecule has 0 aliphatic carbocycles. The van der Waals surface area contributed by atoms with Crippen molar-refractivity contribution in [3.05, 3.63) is 21.9 Å². The molecule has 2 unspecified atom stereocenters. The van der Waals surface area contributed by atoms with E-state index in [-0.39, 0.29) is 19.1 Å². The first-order chi connectivity index (χ1) is 8.09. The van der Waals surface area contributed by atoms with Gasteiger partial charge in [0.05, 0.1) is 24.8 Å². The van der Waals surface area contributed by atoms with Gasteiger partial charge in [-0.3, -0.25) is 9.59 Å². The lowest BCUT2D eigenvalue weighted by Crippen LogP contribution is -2.42. The number of aliphatic carboxylic acids is 1. The highest BCUT2D eigenvalue weighted by Gasteiger charge is 2.35. The number of thiophene rings is 1. The number of carboxylic acids is 1. The van der Waals surface area contributed by atoms with Crippen molar-refractivity contribution in [1.82, 2.24) is 5.32 Å². The number of amides is 1. The van der Waals surface area contributed by atoms with Gasteiger partial charge in [0.2, 0.25) is 0 Å². The molecule has 0 radical (unpaired) electrons. The largest absolute Gasteiger partial charge is 0.481 e. The standard InChI is InChI=1S/C11H13NO4S/c1-6-4-17-5-8(6)10(13)12-9-3-16-2-7(9)11(14)15/h4-5,7,9H,2-3H2,1H3,(H,12,13)(H,14,15). The molecule has 2 rings (SSSR count). The Kier molecular flexibility index (Phi) is 3.44. The zero-order valence-electron chi connectivity index (χ0n) is 9.30. The van der Waals surface area contributed by atoms with Crippen molar-refractivity contribution in [2.24, 2.45) is 5.92 Å². The molecule has 0 bridgehead atoms. The summed E-state index contributed by atoms with van der Waals surface area (Å²) < 4.78 is 5.09. The lowest BCUT2D eigenvalue weighted by molar-refractivity contribution is -0.142. The molecule has 5 nitrogen and oxygen atoms in total. The van der Waals surface area contributed by atoms with E-state index in [0.717, 1.165) is 5.56 Å². The number of hydrogen-bond acceptors (Lipinski definition) is 4. The van der Waals surface area contributed by atoms with E-state index in [1.807, 2.05) is 12.3 Å². The van der Waals surface area contributed by atoms with Gasteiger partial charge >= 0.3 is 5.97 Å². The lowest BCUT2D eigenvalue weighted by atomic mass is 10.0. The fraction of sp³-hybridized carbons (Fsp3) is 0.455. The Labute approximate surface area is 102 Å². The van der Waals surface area contributed by atoms with Crippen LogP contribution >= 0.6 is 11.3 Å². The summed E-state index contributed by atoms with van der Waals surface area (Å²) in [6.07, 6.45) is 0. The SMILES string of the molecule is Cc1cscc1C(=O)NC1COCC1C(=O)O. The first-order valence-electron chi connectivity index (χ1n) is 5.24. The van der Waals surface area contributed by atoms with E-state index in [9.17, 15) is 9.59 Å². The van der Waals surface area contributed by atoms with Gasteiger partial charge in [-0.15, -0.1) is 0 Å². The molecule has 1 amide bonds. The van der Waals surface area contributed by atoms with Gasteiger partial charge in [0, 0.05) is 5.38 Å². The van der Waals surface area contributed by atoms with E-state index >= 15 is 0 Å². The van der Waals surface area contributed by atoms with E-state index in [1.165, 1.54) is 11.3 Å². The predicted molar refractivity (Wildman–Crippen MR) is 62.3 cm³/mol. The number of nitrogens with one attached hydrogen (secondary N) is 1. The smallest absolute Gasteiger partial charge is 0.311 e. The van der Waals surface area contributed by atoms with E-state index in [2.05, 4.69) is 5.32 Å².